The molecule has 3 heteroatoms. The first-order valence-electron chi connectivity index (χ1n) is 6.88. The zero-order valence-corrected chi connectivity index (χ0v) is 13.5. The van der Waals surface area contributed by atoms with Crippen molar-refractivity contribution in [3.05, 3.63) is 64.1 Å². The van der Waals surface area contributed by atoms with Crippen molar-refractivity contribution in [2.75, 3.05) is 11.4 Å². The molecule has 1 N–H and O–H groups in total. The van der Waals surface area contributed by atoms with E-state index in [9.17, 15) is 5.11 Å². The lowest BCUT2D eigenvalue weighted by Crippen LogP contribution is -2.23. The van der Waals surface area contributed by atoms with Gasteiger partial charge < -0.3 is 10.0 Å². The van der Waals surface area contributed by atoms with Gasteiger partial charge in [0.25, 0.3) is 0 Å². The van der Waals surface area contributed by atoms with Gasteiger partial charge in [0, 0.05) is 28.8 Å². The molecule has 1 unspecified atom stereocenters. The summed E-state index contributed by atoms with van der Waals surface area (Å²) < 4.78 is 1.03. The highest BCUT2D eigenvalue weighted by Gasteiger charge is 2.14. The van der Waals surface area contributed by atoms with Crippen molar-refractivity contribution >= 4 is 21.6 Å². The van der Waals surface area contributed by atoms with Crippen LogP contribution in [0, 0.1) is 0 Å². The number of hydrogen-bond donors (Lipinski definition) is 1. The molecule has 0 aliphatic heterocycles. The number of halogens is 1. The molecule has 0 aliphatic rings. The van der Waals surface area contributed by atoms with Crippen LogP contribution >= 0.6 is 15.9 Å². The van der Waals surface area contributed by atoms with Gasteiger partial charge >= 0.3 is 0 Å². The van der Waals surface area contributed by atoms with E-state index in [0.717, 1.165) is 28.8 Å². The van der Waals surface area contributed by atoms with Crippen molar-refractivity contribution in [2.24, 2.45) is 0 Å². The molecular formula is C17H20BrNO. The first kappa shape index (κ1) is 15.1. The molecule has 2 aromatic rings. The zero-order chi connectivity index (χ0) is 14.5. The Labute approximate surface area is 129 Å². The zero-order valence-electron chi connectivity index (χ0n) is 11.9. The third-order valence-electron chi connectivity index (χ3n) is 3.38. The minimum atomic E-state index is -0.470. The molecule has 2 nitrogen and oxygen atoms in total. The molecule has 2 aromatic carbocycles. The molecule has 1 atom stereocenters. The number of hydrogen-bond acceptors (Lipinski definition) is 2. The van der Waals surface area contributed by atoms with Gasteiger partial charge in [0.1, 0.15) is 0 Å². The first-order valence-corrected chi connectivity index (χ1v) is 7.67. The Bertz CT molecular complexity index is 554. The van der Waals surface area contributed by atoms with E-state index in [1.165, 1.54) is 5.56 Å². The molecule has 0 aromatic heterocycles. The Balaban J connectivity index is 2.34. The number of nitrogens with zero attached hydrogens (tertiary/aromatic N) is 1. The van der Waals surface area contributed by atoms with Crippen LogP contribution in [0.4, 0.5) is 5.69 Å². The Morgan fingerprint density at radius 3 is 2.45 bits per heavy atom. The van der Waals surface area contributed by atoms with E-state index in [2.05, 4.69) is 58.1 Å². The molecule has 0 bridgehead atoms. The van der Waals surface area contributed by atoms with Crippen LogP contribution in [0.3, 0.4) is 0 Å². The van der Waals surface area contributed by atoms with Crippen molar-refractivity contribution in [1.82, 2.24) is 0 Å². The lowest BCUT2D eigenvalue weighted by molar-refractivity contribution is 0.199. The molecule has 0 amide bonds. The Morgan fingerprint density at radius 1 is 1.15 bits per heavy atom. The van der Waals surface area contributed by atoms with Crippen molar-refractivity contribution in [3.8, 4) is 0 Å². The molecule has 0 saturated heterocycles. The fourth-order valence-electron chi connectivity index (χ4n) is 2.32. The van der Waals surface area contributed by atoms with Crippen LogP contribution in [-0.4, -0.2) is 11.7 Å². The molecule has 0 heterocycles. The second-order valence-corrected chi connectivity index (χ2v) is 5.79. The Hall–Kier alpha value is -1.32. The van der Waals surface area contributed by atoms with Crippen LogP contribution < -0.4 is 4.90 Å². The summed E-state index contributed by atoms with van der Waals surface area (Å²) in [6.07, 6.45) is -0.470. The maximum Gasteiger partial charge on any atom is 0.0782 e. The minimum absolute atomic E-state index is 0.470. The van der Waals surface area contributed by atoms with Gasteiger partial charge in [-0.25, -0.2) is 0 Å². The quantitative estimate of drug-likeness (QED) is 0.868. The lowest BCUT2D eigenvalue weighted by atomic mass is 10.1. The smallest absolute Gasteiger partial charge is 0.0782 e. The largest absolute Gasteiger partial charge is 0.389 e. The highest BCUT2D eigenvalue weighted by molar-refractivity contribution is 9.10. The average Bonchev–Trinajstić information content (AvgIpc) is 2.45. The van der Waals surface area contributed by atoms with Crippen LogP contribution in [0.15, 0.2) is 53.0 Å². The third kappa shape index (κ3) is 3.62. The predicted molar refractivity (Wildman–Crippen MR) is 87.9 cm³/mol. The van der Waals surface area contributed by atoms with E-state index >= 15 is 0 Å². The topological polar surface area (TPSA) is 23.5 Å². The van der Waals surface area contributed by atoms with Crippen molar-refractivity contribution in [2.45, 2.75) is 26.5 Å². The lowest BCUT2D eigenvalue weighted by Gasteiger charge is -2.27. The number of rotatable bonds is 5. The summed E-state index contributed by atoms with van der Waals surface area (Å²) in [6, 6.07) is 16.4. The molecule has 0 radical (unpaired) electrons. The summed E-state index contributed by atoms with van der Waals surface area (Å²) in [7, 11) is 0. The van der Waals surface area contributed by atoms with Crippen LogP contribution in [-0.2, 0) is 6.54 Å². The van der Waals surface area contributed by atoms with E-state index in [1.54, 1.807) is 0 Å². The van der Waals surface area contributed by atoms with Gasteiger partial charge in [-0.3, -0.25) is 0 Å². The minimum Gasteiger partial charge on any atom is -0.389 e. The van der Waals surface area contributed by atoms with Crippen molar-refractivity contribution in [1.29, 1.82) is 0 Å². The monoisotopic (exact) mass is 333 g/mol. The van der Waals surface area contributed by atoms with E-state index in [-0.39, 0.29) is 0 Å². The maximum atomic E-state index is 9.96. The molecule has 20 heavy (non-hydrogen) atoms. The molecule has 106 valence electrons. The number of aliphatic hydroxyl groups is 1. The number of benzene rings is 2. The number of aliphatic hydroxyl groups excluding tert-OH is 1. The summed E-state index contributed by atoms with van der Waals surface area (Å²) in [5, 5.41) is 9.96. The van der Waals surface area contributed by atoms with E-state index in [0.29, 0.717) is 0 Å². The van der Waals surface area contributed by atoms with Gasteiger partial charge in [-0.2, -0.15) is 0 Å². The number of anilines is 1. The summed E-state index contributed by atoms with van der Waals surface area (Å²) in [6.45, 7) is 5.68. The summed E-state index contributed by atoms with van der Waals surface area (Å²) >= 11 is 3.52. The average molecular weight is 334 g/mol. The molecular weight excluding hydrogens is 314 g/mol. The van der Waals surface area contributed by atoms with Crippen molar-refractivity contribution in [3.63, 3.8) is 0 Å². The van der Waals surface area contributed by atoms with Crippen molar-refractivity contribution < 1.29 is 5.11 Å². The molecule has 0 saturated carbocycles. The highest BCUT2D eigenvalue weighted by Crippen LogP contribution is 2.30. The van der Waals surface area contributed by atoms with E-state index in [4.69, 9.17) is 0 Å². The maximum absolute atomic E-state index is 9.96. The van der Waals surface area contributed by atoms with E-state index in [1.807, 2.05) is 25.1 Å². The highest BCUT2D eigenvalue weighted by atomic mass is 79.9. The normalized spacial score (nSPS) is 12.2. The summed E-state index contributed by atoms with van der Waals surface area (Å²) in [5.74, 6) is 0. The SMILES string of the molecule is CCN(Cc1ccccc1)c1cc(Br)ccc1C(C)O. The van der Waals surface area contributed by atoms with E-state index < -0.39 is 6.10 Å². The van der Waals surface area contributed by atoms with Gasteiger partial charge in [-0.15, -0.1) is 0 Å². The second-order valence-electron chi connectivity index (χ2n) is 4.88. The van der Waals surface area contributed by atoms with Crippen LogP contribution in [0.25, 0.3) is 0 Å². The predicted octanol–water partition coefficient (Wildman–Crippen LogP) is 4.53. The first-order chi connectivity index (χ1) is 9.61. The van der Waals surface area contributed by atoms with Gasteiger partial charge in [-0.05, 0) is 31.5 Å². The fourth-order valence-corrected chi connectivity index (χ4v) is 2.66. The summed E-state index contributed by atoms with van der Waals surface area (Å²) in [5.41, 5.74) is 3.32. The second kappa shape index (κ2) is 6.91. The molecule has 2 rings (SSSR count). The van der Waals surface area contributed by atoms with Crippen LogP contribution in [0.2, 0.25) is 0 Å². The van der Waals surface area contributed by atoms with Crippen LogP contribution in [0.1, 0.15) is 31.1 Å². The van der Waals surface area contributed by atoms with Gasteiger partial charge in [-0.1, -0.05) is 52.3 Å². The summed E-state index contributed by atoms with van der Waals surface area (Å²) in [4.78, 5) is 2.28. The van der Waals surface area contributed by atoms with Gasteiger partial charge in [0.05, 0.1) is 6.10 Å². The molecule has 0 aliphatic carbocycles. The van der Waals surface area contributed by atoms with Crippen LogP contribution in [0.5, 0.6) is 0 Å². The fraction of sp³-hybridized carbons (Fsp3) is 0.294. The molecule has 0 fully saturated rings. The Morgan fingerprint density at radius 2 is 1.85 bits per heavy atom. The standard InChI is InChI=1S/C17H20BrNO/c1-3-19(12-14-7-5-4-6-8-14)17-11-15(18)9-10-16(17)13(2)20/h4-11,13,20H,3,12H2,1-2H3. The molecule has 0 spiro atoms. The van der Waals surface area contributed by atoms with Gasteiger partial charge in [0.2, 0.25) is 0 Å². The Kier molecular flexibility index (Phi) is 5.21. The van der Waals surface area contributed by atoms with Gasteiger partial charge in [0.15, 0.2) is 0 Å². The third-order valence-corrected chi connectivity index (χ3v) is 3.87.